The van der Waals surface area contributed by atoms with Crippen molar-refractivity contribution in [2.45, 2.75) is 64.5 Å². The molecular formula is C16H25NO. The molecule has 0 aliphatic carbocycles. The molecule has 0 radical (unpaired) electrons. The average molecular weight is 247 g/mol. The van der Waals surface area contributed by atoms with Crippen LogP contribution in [0.4, 0.5) is 0 Å². The SMILES string of the molecule is CCCCCC1(C)CC(N)c2cc(C)ccc2O1. The van der Waals surface area contributed by atoms with Gasteiger partial charge < -0.3 is 10.5 Å². The first-order chi connectivity index (χ1) is 8.54. The van der Waals surface area contributed by atoms with Crippen molar-refractivity contribution >= 4 is 0 Å². The van der Waals surface area contributed by atoms with Gasteiger partial charge in [-0.15, -0.1) is 0 Å². The Balaban J connectivity index is 2.14. The summed E-state index contributed by atoms with van der Waals surface area (Å²) in [6.45, 7) is 6.53. The van der Waals surface area contributed by atoms with Crippen molar-refractivity contribution in [1.29, 1.82) is 0 Å². The molecule has 2 heteroatoms. The van der Waals surface area contributed by atoms with E-state index in [0.29, 0.717) is 0 Å². The van der Waals surface area contributed by atoms with Gasteiger partial charge in [-0.05, 0) is 32.8 Å². The quantitative estimate of drug-likeness (QED) is 0.812. The first-order valence-corrected chi connectivity index (χ1v) is 7.09. The molecule has 2 unspecified atom stereocenters. The van der Waals surface area contributed by atoms with Crippen molar-refractivity contribution in [3.63, 3.8) is 0 Å². The highest BCUT2D eigenvalue weighted by atomic mass is 16.5. The van der Waals surface area contributed by atoms with Gasteiger partial charge in [-0.1, -0.05) is 37.5 Å². The van der Waals surface area contributed by atoms with E-state index in [1.165, 1.54) is 30.4 Å². The lowest BCUT2D eigenvalue weighted by atomic mass is 9.85. The largest absolute Gasteiger partial charge is 0.487 e. The van der Waals surface area contributed by atoms with Crippen molar-refractivity contribution in [1.82, 2.24) is 0 Å². The van der Waals surface area contributed by atoms with E-state index in [4.69, 9.17) is 10.5 Å². The van der Waals surface area contributed by atoms with Crippen molar-refractivity contribution in [3.8, 4) is 5.75 Å². The van der Waals surface area contributed by atoms with E-state index in [9.17, 15) is 0 Å². The van der Waals surface area contributed by atoms with Crippen molar-refractivity contribution in [2.75, 3.05) is 0 Å². The summed E-state index contributed by atoms with van der Waals surface area (Å²) in [7, 11) is 0. The molecular weight excluding hydrogens is 222 g/mol. The Bertz CT molecular complexity index is 416. The average Bonchev–Trinajstić information content (AvgIpc) is 2.31. The maximum absolute atomic E-state index is 6.32. The van der Waals surface area contributed by atoms with Crippen LogP contribution in [-0.4, -0.2) is 5.60 Å². The van der Waals surface area contributed by atoms with Gasteiger partial charge in [-0.2, -0.15) is 0 Å². The molecule has 0 amide bonds. The molecule has 2 atom stereocenters. The lowest BCUT2D eigenvalue weighted by molar-refractivity contribution is 0.0431. The fourth-order valence-electron chi connectivity index (χ4n) is 2.83. The van der Waals surface area contributed by atoms with E-state index in [0.717, 1.165) is 18.6 Å². The molecule has 0 fully saturated rings. The van der Waals surface area contributed by atoms with Crippen LogP contribution in [0.5, 0.6) is 5.75 Å². The first kappa shape index (κ1) is 13.4. The number of aryl methyl sites for hydroxylation is 1. The number of ether oxygens (including phenoxy) is 1. The van der Waals surface area contributed by atoms with E-state index >= 15 is 0 Å². The molecule has 1 aliphatic heterocycles. The molecule has 0 spiro atoms. The van der Waals surface area contributed by atoms with Crippen LogP contribution < -0.4 is 10.5 Å². The predicted molar refractivity (Wildman–Crippen MR) is 75.9 cm³/mol. The standard InChI is InChI=1S/C16H25NO/c1-4-5-6-9-16(3)11-14(17)13-10-12(2)7-8-15(13)18-16/h7-8,10,14H,4-6,9,11,17H2,1-3H3. The van der Waals surface area contributed by atoms with Gasteiger partial charge in [0.15, 0.2) is 0 Å². The van der Waals surface area contributed by atoms with Gasteiger partial charge in [0.25, 0.3) is 0 Å². The van der Waals surface area contributed by atoms with Gasteiger partial charge in [0.1, 0.15) is 11.4 Å². The van der Waals surface area contributed by atoms with E-state index in [1.54, 1.807) is 0 Å². The Morgan fingerprint density at radius 2 is 2.17 bits per heavy atom. The van der Waals surface area contributed by atoms with Crippen LogP contribution in [0.3, 0.4) is 0 Å². The molecule has 0 saturated heterocycles. The normalized spacial score (nSPS) is 26.6. The molecule has 0 bridgehead atoms. The number of rotatable bonds is 4. The zero-order chi connectivity index (χ0) is 13.2. The van der Waals surface area contributed by atoms with Gasteiger partial charge in [0.05, 0.1) is 0 Å². The van der Waals surface area contributed by atoms with Crippen molar-refractivity contribution < 1.29 is 4.74 Å². The summed E-state index contributed by atoms with van der Waals surface area (Å²) in [5.74, 6) is 0.985. The first-order valence-electron chi connectivity index (χ1n) is 7.09. The topological polar surface area (TPSA) is 35.2 Å². The minimum absolute atomic E-state index is 0.0865. The van der Waals surface area contributed by atoms with Crippen LogP contribution in [0.1, 0.15) is 63.1 Å². The molecule has 18 heavy (non-hydrogen) atoms. The smallest absolute Gasteiger partial charge is 0.124 e. The summed E-state index contributed by atoms with van der Waals surface area (Å²) in [5, 5.41) is 0. The van der Waals surface area contributed by atoms with E-state index < -0.39 is 0 Å². The Labute approximate surface area is 111 Å². The zero-order valence-corrected chi connectivity index (χ0v) is 11.8. The molecule has 2 nitrogen and oxygen atoms in total. The third kappa shape index (κ3) is 2.86. The molecule has 0 aromatic heterocycles. The van der Waals surface area contributed by atoms with Gasteiger partial charge in [0, 0.05) is 18.0 Å². The van der Waals surface area contributed by atoms with E-state index in [2.05, 4.69) is 39.0 Å². The highest BCUT2D eigenvalue weighted by Gasteiger charge is 2.35. The predicted octanol–water partition coefficient (Wildman–Crippen LogP) is 4.12. The second-order valence-electron chi connectivity index (χ2n) is 5.86. The Hall–Kier alpha value is -1.02. The molecule has 1 aliphatic rings. The zero-order valence-electron chi connectivity index (χ0n) is 11.8. The fraction of sp³-hybridized carbons (Fsp3) is 0.625. The second kappa shape index (κ2) is 5.31. The van der Waals surface area contributed by atoms with Crippen LogP contribution in [0.2, 0.25) is 0 Å². The van der Waals surface area contributed by atoms with Crippen LogP contribution in [0.15, 0.2) is 18.2 Å². The molecule has 1 heterocycles. The molecule has 0 saturated carbocycles. The summed E-state index contributed by atoms with van der Waals surface area (Å²) in [4.78, 5) is 0. The number of unbranched alkanes of at least 4 members (excludes halogenated alkanes) is 2. The highest BCUT2D eigenvalue weighted by molar-refractivity contribution is 5.41. The number of fused-ring (bicyclic) bond motifs is 1. The lowest BCUT2D eigenvalue weighted by Crippen LogP contribution is -2.40. The minimum Gasteiger partial charge on any atom is -0.487 e. The monoisotopic (exact) mass is 247 g/mol. The fourth-order valence-corrected chi connectivity index (χ4v) is 2.83. The lowest BCUT2D eigenvalue weighted by Gasteiger charge is -2.39. The van der Waals surface area contributed by atoms with Gasteiger partial charge in [-0.25, -0.2) is 0 Å². The number of nitrogens with two attached hydrogens (primary N) is 1. The Kier molecular flexibility index (Phi) is 3.96. The number of benzene rings is 1. The summed E-state index contributed by atoms with van der Waals surface area (Å²) in [6, 6.07) is 6.44. The van der Waals surface area contributed by atoms with Crippen molar-refractivity contribution in [3.05, 3.63) is 29.3 Å². The van der Waals surface area contributed by atoms with Crippen LogP contribution in [0, 0.1) is 6.92 Å². The Morgan fingerprint density at radius 3 is 2.89 bits per heavy atom. The molecule has 1 aromatic rings. The Morgan fingerprint density at radius 1 is 1.39 bits per heavy atom. The van der Waals surface area contributed by atoms with E-state index in [1.807, 2.05) is 0 Å². The summed E-state index contributed by atoms with van der Waals surface area (Å²) in [5.41, 5.74) is 8.65. The minimum atomic E-state index is -0.0865. The second-order valence-corrected chi connectivity index (χ2v) is 5.86. The number of hydrogen-bond acceptors (Lipinski definition) is 2. The number of hydrogen-bond donors (Lipinski definition) is 1. The summed E-state index contributed by atoms with van der Waals surface area (Å²) < 4.78 is 6.21. The van der Waals surface area contributed by atoms with Gasteiger partial charge in [-0.3, -0.25) is 0 Å². The summed E-state index contributed by atoms with van der Waals surface area (Å²) in [6.07, 6.45) is 5.77. The summed E-state index contributed by atoms with van der Waals surface area (Å²) >= 11 is 0. The maximum atomic E-state index is 6.32. The molecule has 2 rings (SSSR count). The van der Waals surface area contributed by atoms with Gasteiger partial charge in [0.2, 0.25) is 0 Å². The highest BCUT2D eigenvalue weighted by Crippen LogP contribution is 2.40. The maximum Gasteiger partial charge on any atom is 0.124 e. The van der Waals surface area contributed by atoms with Crippen molar-refractivity contribution in [2.24, 2.45) is 5.73 Å². The molecule has 100 valence electrons. The third-order valence-electron chi connectivity index (χ3n) is 3.88. The van der Waals surface area contributed by atoms with Gasteiger partial charge >= 0.3 is 0 Å². The van der Waals surface area contributed by atoms with E-state index in [-0.39, 0.29) is 11.6 Å². The van der Waals surface area contributed by atoms with Crippen LogP contribution in [0.25, 0.3) is 0 Å². The third-order valence-corrected chi connectivity index (χ3v) is 3.88. The molecule has 2 N–H and O–H groups in total. The molecule has 1 aromatic carbocycles. The van der Waals surface area contributed by atoms with Crippen LogP contribution >= 0.6 is 0 Å². The van der Waals surface area contributed by atoms with Crippen LogP contribution in [-0.2, 0) is 0 Å².